The van der Waals surface area contributed by atoms with Crippen LogP contribution < -0.4 is 5.32 Å². The first kappa shape index (κ1) is 13.9. The number of furan rings is 1. The quantitative estimate of drug-likeness (QED) is 0.757. The van der Waals surface area contributed by atoms with Crippen LogP contribution in [0.1, 0.15) is 28.5 Å². The number of nitrogens with one attached hydrogen (secondary N) is 1. The van der Waals surface area contributed by atoms with Crippen LogP contribution in [-0.2, 0) is 6.42 Å². The average Bonchev–Trinajstić information content (AvgIpc) is 2.91. The fraction of sp³-hybridized carbons (Fsp3) is 0.263. The fourth-order valence-electron chi connectivity index (χ4n) is 2.76. The maximum absolute atomic E-state index is 6.00. The van der Waals surface area contributed by atoms with Gasteiger partial charge in [0.2, 0.25) is 0 Å². The average molecular weight is 279 g/mol. The molecule has 0 bridgehead atoms. The number of fused-ring (bicyclic) bond motifs is 1. The summed E-state index contributed by atoms with van der Waals surface area (Å²) in [5.74, 6) is 1.000. The van der Waals surface area contributed by atoms with Crippen molar-refractivity contribution in [2.75, 3.05) is 7.05 Å². The Bertz CT molecular complexity index is 724. The lowest BCUT2D eigenvalue weighted by Gasteiger charge is -2.15. The largest absolute Gasteiger partial charge is 0.459 e. The van der Waals surface area contributed by atoms with E-state index in [1.54, 1.807) is 0 Å². The molecule has 0 fully saturated rings. The van der Waals surface area contributed by atoms with E-state index in [0.29, 0.717) is 0 Å². The maximum atomic E-state index is 6.00. The number of likely N-dealkylation sites (N-methyl/N-ethyl adjacent to an activating group) is 1. The first-order valence-corrected chi connectivity index (χ1v) is 7.39. The molecule has 0 aliphatic heterocycles. The van der Waals surface area contributed by atoms with Gasteiger partial charge in [0.05, 0.1) is 6.04 Å². The van der Waals surface area contributed by atoms with Crippen molar-refractivity contribution in [2.45, 2.75) is 26.3 Å². The molecule has 0 radical (unpaired) electrons. The second-order valence-electron chi connectivity index (χ2n) is 5.66. The minimum atomic E-state index is 0.192. The lowest BCUT2D eigenvalue weighted by atomic mass is 9.98. The van der Waals surface area contributed by atoms with Crippen LogP contribution in [0.3, 0.4) is 0 Å². The smallest absolute Gasteiger partial charge is 0.134 e. The highest BCUT2D eigenvalue weighted by atomic mass is 16.3. The van der Waals surface area contributed by atoms with Crippen molar-refractivity contribution in [3.8, 4) is 0 Å². The van der Waals surface area contributed by atoms with E-state index in [4.69, 9.17) is 4.42 Å². The van der Waals surface area contributed by atoms with Crippen molar-refractivity contribution in [2.24, 2.45) is 0 Å². The van der Waals surface area contributed by atoms with Crippen molar-refractivity contribution in [3.63, 3.8) is 0 Å². The van der Waals surface area contributed by atoms with Crippen LogP contribution in [0.15, 0.2) is 52.9 Å². The standard InChI is InChI=1S/C19H21NO/c1-13-8-9-14(2)16(10-13)11-17(20-3)19-12-15-6-4-5-7-18(15)21-19/h4-10,12,17,20H,11H2,1-3H3. The number of hydrogen-bond donors (Lipinski definition) is 1. The molecule has 1 N–H and O–H groups in total. The molecule has 3 aromatic rings. The SMILES string of the molecule is CNC(Cc1cc(C)ccc1C)c1cc2ccccc2o1. The summed E-state index contributed by atoms with van der Waals surface area (Å²) in [5, 5.41) is 4.54. The van der Waals surface area contributed by atoms with Gasteiger partial charge in [-0.3, -0.25) is 0 Å². The highest BCUT2D eigenvalue weighted by molar-refractivity contribution is 5.77. The molecule has 0 aliphatic rings. The van der Waals surface area contributed by atoms with Gasteiger partial charge in [-0.1, -0.05) is 42.0 Å². The number of rotatable bonds is 4. The normalized spacial score (nSPS) is 12.7. The van der Waals surface area contributed by atoms with E-state index in [0.717, 1.165) is 23.2 Å². The Morgan fingerprint density at radius 3 is 2.62 bits per heavy atom. The lowest BCUT2D eigenvalue weighted by molar-refractivity contribution is 0.450. The summed E-state index contributed by atoms with van der Waals surface area (Å²) < 4.78 is 6.00. The Labute approximate surface area is 125 Å². The predicted molar refractivity (Wildman–Crippen MR) is 87.6 cm³/mol. The van der Waals surface area contributed by atoms with Crippen LogP contribution in [0.25, 0.3) is 11.0 Å². The van der Waals surface area contributed by atoms with Gasteiger partial charge in [0.1, 0.15) is 11.3 Å². The molecule has 1 atom stereocenters. The second kappa shape index (κ2) is 5.74. The molecular formula is C19H21NO. The van der Waals surface area contributed by atoms with Crippen molar-refractivity contribution < 1.29 is 4.42 Å². The summed E-state index contributed by atoms with van der Waals surface area (Å²) in [6, 6.07) is 17.1. The number of benzene rings is 2. The minimum absolute atomic E-state index is 0.192. The van der Waals surface area contributed by atoms with Crippen molar-refractivity contribution >= 4 is 11.0 Å². The first-order chi connectivity index (χ1) is 10.2. The monoisotopic (exact) mass is 279 g/mol. The van der Waals surface area contributed by atoms with E-state index in [-0.39, 0.29) is 6.04 Å². The third-order valence-corrected chi connectivity index (χ3v) is 4.07. The summed E-state index contributed by atoms with van der Waals surface area (Å²) in [6.07, 6.45) is 0.934. The predicted octanol–water partition coefficient (Wildman–Crippen LogP) is 4.55. The molecule has 1 unspecified atom stereocenters. The Morgan fingerprint density at radius 1 is 1.05 bits per heavy atom. The summed E-state index contributed by atoms with van der Waals surface area (Å²) in [4.78, 5) is 0. The molecule has 0 aliphatic carbocycles. The van der Waals surface area contributed by atoms with Crippen molar-refractivity contribution in [1.29, 1.82) is 0 Å². The third-order valence-electron chi connectivity index (χ3n) is 4.07. The molecule has 3 rings (SSSR count). The van der Waals surface area contributed by atoms with Crippen LogP contribution >= 0.6 is 0 Å². The van der Waals surface area contributed by atoms with E-state index in [2.05, 4.69) is 49.5 Å². The highest BCUT2D eigenvalue weighted by Gasteiger charge is 2.16. The molecular weight excluding hydrogens is 258 g/mol. The molecule has 108 valence electrons. The topological polar surface area (TPSA) is 25.2 Å². The zero-order valence-electron chi connectivity index (χ0n) is 12.8. The molecule has 0 amide bonds. The molecule has 0 spiro atoms. The minimum Gasteiger partial charge on any atom is -0.459 e. The Morgan fingerprint density at radius 2 is 1.86 bits per heavy atom. The Kier molecular flexibility index (Phi) is 3.80. The fourth-order valence-corrected chi connectivity index (χ4v) is 2.76. The third kappa shape index (κ3) is 2.86. The lowest BCUT2D eigenvalue weighted by Crippen LogP contribution is -2.18. The van der Waals surface area contributed by atoms with E-state index >= 15 is 0 Å². The van der Waals surface area contributed by atoms with Crippen LogP contribution in [0.2, 0.25) is 0 Å². The van der Waals surface area contributed by atoms with Crippen LogP contribution in [-0.4, -0.2) is 7.05 Å². The van der Waals surface area contributed by atoms with E-state index in [1.807, 2.05) is 25.2 Å². The molecule has 2 nitrogen and oxygen atoms in total. The molecule has 1 aromatic heterocycles. The highest BCUT2D eigenvalue weighted by Crippen LogP contribution is 2.27. The van der Waals surface area contributed by atoms with Crippen LogP contribution in [0.4, 0.5) is 0 Å². The van der Waals surface area contributed by atoms with E-state index < -0.39 is 0 Å². The van der Waals surface area contributed by atoms with Gasteiger partial charge in [0.25, 0.3) is 0 Å². The number of para-hydroxylation sites is 1. The summed E-state index contributed by atoms with van der Waals surface area (Å²) in [5.41, 5.74) is 4.95. The summed E-state index contributed by atoms with van der Waals surface area (Å²) >= 11 is 0. The number of hydrogen-bond acceptors (Lipinski definition) is 2. The first-order valence-electron chi connectivity index (χ1n) is 7.39. The molecule has 2 heteroatoms. The van der Waals surface area contributed by atoms with Gasteiger partial charge in [-0.05, 0) is 50.6 Å². The zero-order chi connectivity index (χ0) is 14.8. The number of aryl methyl sites for hydroxylation is 2. The van der Waals surface area contributed by atoms with E-state index in [1.165, 1.54) is 16.7 Å². The van der Waals surface area contributed by atoms with Gasteiger partial charge >= 0.3 is 0 Å². The molecule has 0 saturated heterocycles. The van der Waals surface area contributed by atoms with Gasteiger partial charge in [0.15, 0.2) is 0 Å². The van der Waals surface area contributed by atoms with Crippen LogP contribution in [0.5, 0.6) is 0 Å². The summed E-state index contributed by atoms with van der Waals surface area (Å²) in [6.45, 7) is 4.30. The molecule has 1 heterocycles. The van der Waals surface area contributed by atoms with Gasteiger partial charge in [-0.25, -0.2) is 0 Å². The second-order valence-corrected chi connectivity index (χ2v) is 5.66. The van der Waals surface area contributed by atoms with Crippen molar-refractivity contribution in [3.05, 3.63) is 71.0 Å². The molecule has 0 saturated carbocycles. The van der Waals surface area contributed by atoms with Gasteiger partial charge in [0, 0.05) is 5.39 Å². The molecule has 21 heavy (non-hydrogen) atoms. The molecule has 2 aromatic carbocycles. The zero-order valence-corrected chi connectivity index (χ0v) is 12.8. The maximum Gasteiger partial charge on any atom is 0.134 e. The van der Waals surface area contributed by atoms with Gasteiger partial charge < -0.3 is 9.73 Å². The van der Waals surface area contributed by atoms with Gasteiger partial charge in [-0.2, -0.15) is 0 Å². The Hall–Kier alpha value is -2.06. The van der Waals surface area contributed by atoms with Crippen molar-refractivity contribution in [1.82, 2.24) is 5.32 Å². The summed E-state index contributed by atoms with van der Waals surface area (Å²) in [7, 11) is 1.99. The van der Waals surface area contributed by atoms with Gasteiger partial charge in [-0.15, -0.1) is 0 Å². The Balaban J connectivity index is 1.92. The van der Waals surface area contributed by atoms with E-state index in [9.17, 15) is 0 Å². The van der Waals surface area contributed by atoms with Crippen LogP contribution in [0, 0.1) is 13.8 Å².